The van der Waals surface area contributed by atoms with Gasteiger partial charge < -0.3 is 5.32 Å². The summed E-state index contributed by atoms with van der Waals surface area (Å²) in [4.78, 5) is 0. The summed E-state index contributed by atoms with van der Waals surface area (Å²) in [7, 11) is 0. The molecule has 0 aliphatic rings. The van der Waals surface area contributed by atoms with Crippen molar-refractivity contribution in [3.05, 3.63) is 35.4 Å². The largest absolute Gasteiger partial charge is 0.317 e. The minimum atomic E-state index is 0.769. The van der Waals surface area contributed by atoms with E-state index in [-0.39, 0.29) is 0 Å². The van der Waals surface area contributed by atoms with Gasteiger partial charge in [-0.15, -0.1) is 0 Å². The van der Waals surface area contributed by atoms with Crippen LogP contribution in [0.25, 0.3) is 0 Å². The van der Waals surface area contributed by atoms with Gasteiger partial charge in [0.15, 0.2) is 0 Å². The molecule has 102 valence electrons. The summed E-state index contributed by atoms with van der Waals surface area (Å²) in [5, 5.41) is 3.50. The average molecular weight is 265 g/mol. The van der Waals surface area contributed by atoms with Crippen molar-refractivity contribution in [1.82, 2.24) is 5.32 Å². The van der Waals surface area contributed by atoms with Crippen molar-refractivity contribution in [3.63, 3.8) is 0 Å². The van der Waals surface area contributed by atoms with E-state index >= 15 is 0 Å². The molecule has 1 aromatic rings. The zero-order valence-electron chi connectivity index (χ0n) is 12.0. The lowest BCUT2D eigenvalue weighted by molar-refractivity contribution is 0.470. The SMILES string of the molecule is CCNCC(CCSCC)Cc1cccc(C)c1. The molecule has 0 bridgehead atoms. The number of thioether (sulfide) groups is 1. The van der Waals surface area contributed by atoms with Crippen molar-refractivity contribution in [2.45, 2.75) is 33.6 Å². The first-order valence-electron chi connectivity index (χ1n) is 7.10. The quantitative estimate of drug-likeness (QED) is 0.680. The molecule has 0 radical (unpaired) electrons. The van der Waals surface area contributed by atoms with Gasteiger partial charge in [0.25, 0.3) is 0 Å². The lowest BCUT2D eigenvalue weighted by Gasteiger charge is -2.17. The Bertz CT molecular complexity index is 325. The van der Waals surface area contributed by atoms with Gasteiger partial charge in [-0.05, 0) is 55.8 Å². The van der Waals surface area contributed by atoms with Crippen molar-refractivity contribution in [3.8, 4) is 0 Å². The van der Waals surface area contributed by atoms with E-state index in [2.05, 4.69) is 62.1 Å². The Morgan fingerprint density at radius 1 is 1.28 bits per heavy atom. The molecule has 0 heterocycles. The van der Waals surface area contributed by atoms with Crippen LogP contribution < -0.4 is 5.32 Å². The highest BCUT2D eigenvalue weighted by Crippen LogP contribution is 2.16. The first-order valence-corrected chi connectivity index (χ1v) is 8.25. The number of aryl methyl sites for hydroxylation is 1. The minimum absolute atomic E-state index is 0.769. The fourth-order valence-corrected chi connectivity index (χ4v) is 2.98. The van der Waals surface area contributed by atoms with Crippen LogP contribution in [-0.2, 0) is 6.42 Å². The average Bonchev–Trinajstić information content (AvgIpc) is 2.36. The van der Waals surface area contributed by atoms with E-state index in [1.54, 1.807) is 0 Å². The molecule has 0 saturated heterocycles. The van der Waals surface area contributed by atoms with Crippen LogP contribution >= 0.6 is 11.8 Å². The van der Waals surface area contributed by atoms with Gasteiger partial charge in [-0.2, -0.15) is 11.8 Å². The number of rotatable bonds is 9. The highest BCUT2D eigenvalue weighted by atomic mass is 32.2. The Morgan fingerprint density at radius 3 is 2.78 bits per heavy atom. The molecule has 1 nitrogen and oxygen atoms in total. The molecular weight excluding hydrogens is 238 g/mol. The molecule has 18 heavy (non-hydrogen) atoms. The molecule has 0 fully saturated rings. The molecule has 1 unspecified atom stereocenters. The van der Waals surface area contributed by atoms with Crippen LogP contribution in [0.4, 0.5) is 0 Å². The van der Waals surface area contributed by atoms with Gasteiger partial charge in [0.1, 0.15) is 0 Å². The van der Waals surface area contributed by atoms with E-state index in [4.69, 9.17) is 0 Å². The van der Waals surface area contributed by atoms with Gasteiger partial charge in [0.2, 0.25) is 0 Å². The van der Waals surface area contributed by atoms with E-state index < -0.39 is 0 Å². The molecule has 0 aliphatic heterocycles. The zero-order valence-corrected chi connectivity index (χ0v) is 12.9. The predicted molar refractivity (Wildman–Crippen MR) is 84.5 cm³/mol. The zero-order chi connectivity index (χ0) is 13.2. The third-order valence-electron chi connectivity index (χ3n) is 3.16. The number of hydrogen-bond acceptors (Lipinski definition) is 2. The van der Waals surface area contributed by atoms with Crippen molar-refractivity contribution in [2.75, 3.05) is 24.6 Å². The second kappa shape index (κ2) is 9.46. The van der Waals surface area contributed by atoms with Gasteiger partial charge in [-0.1, -0.05) is 43.7 Å². The standard InChI is InChI=1S/C16H27NS/c1-4-17-13-16(9-10-18-5-2)12-15-8-6-7-14(3)11-15/h6-8,11,16-17H,4-5,9-10,12-13H2,1-3H3. The minimum Gasteiger partial charge on any atom is -0.317 e. The second-order valence-electron chi connectivity index (χ2n) is 4.85. The summed E-state index contributed by atoms with van der Waals surface area (Å²) in [5.74, 6) is 3.29. The molecule has 1 atom stereocenters. The van der Waals surface area contributed by atoms with E-state index in [0.717, 1.165) is 19.0 Å². The summed E-state index contributed by atoms with van der Waals surface area (Å²) in [6.07, 6.45) is 2.53. The maximum atomic E-state index is 3.50. The molecule has 0 amide bonds. The highest BCUT2D eigenvalue weighted by molar-refractivity contribution is 7.99. The first-order chi connectivity index (χ1) is 8.76. The van der Waals surface area contributed by atoms with Crippen LogP contribution in [-0.4, -0.2) is 24.6 Å². The Kier molecular flexibility index (Phi) is 8.19. The molecule has 1 aromatic carbocycles. The van der Waals surface area contributed by atoms with E-state index in [0.29, 0.717) is 0 Å². The molecule has 1 N–H and O–H groups in total. The lowest BCUT2D eigenvalue weighted by atomic mass is 9.96. The van der Waals surface area contributed by atoms with Crippen molar-refractivity contribution >= 4 is 11.8 Å². The third-order valence-corrected chi connectivity index (χ3v) is 4.10. The summed E-state index contributed by atoms with van der Waals surface area (Å²) < 4.78 is 0. The Morgan fingerprint density at radius 2 is 2.11 bits per heavy atom. The van der Waals surface area contributed by atoms with Gasteiger partial charge in [-0.25, -0.2) is 0 Å². The third kappa shape index (κ3) is 6.46. The number of benzene rings is 1. The maximum Gasteiger partial charge on any atom is -0.00172 e. The van der Waals surface area contributed by atoms with Crippen LogP contribution in [0.5, 0.6) is 0 Å². The monoisotopic (exact) mass is 265 g/mol. The fourth-order valence-electron chi connectivity index (χ4n) is 2.19. The number of nitrogens with one attached hydrogen (secondary N) is 1. The van der Waals surface area contributed by atoms with Crippen molar-refractivity contribution in [1.29, 1.82) is 0 Å². The van der Waals surface area contributed by atoms with E-state index in [9.17, 15) is 0 Å². The summed E-state index contributed by atoms with van der Waals surface area (Å²) in [5.41, 5.74) is 2.86. The molecule has 0 spiro atoms. The Hall–Kier alpha value is -0.470. The molecule has 0 aromatic heterocycles. The molecule has 0 saturated carbocycles. The molecule has 0 aliphatic carbocycles. The summed E-state index contributed by atoms with van der Waals surface area (Å²) in [6.45, 7) is 8.82. The van der Waals surface area contributed by atoms with Crippen LogP contribution in [0.15, 0.2) is 24.3 Å². The van der Waals surface area contributed by atoms with Crippen molar-refractivity contribution < 1.29 is 0 Å². The highest BCUT2D eigenvalue weighted by Gasteiger charge is 2.09. The van der Waals surface area contributed by atoms with Gasteiger partial charge in [0.05, 0.1) is 0 Å². The molecule has 1 rings (SSSR count). The maximum absolute atomic E-state index is 3.50. The van der Waals surface area contributed by atoms with E-state index in [1.165, 1.54) is 35.5 Å². The molecular formula is C16H27NS. The van der Waals surface area contributed by atoms with Crippen LogP contribution in [0.3, 0.4) is 0 Å². The fraction of sp³-hybridized carbons (Fsp3) is 0.625. The molecule has 2 heteroatoms. The second-order valence-corrected chi connectivity index (χ2v) is 6.25. The Balaban J connectivity index is 2.48. The summed E-state index contributed by atoms with van der Waals surface area (Å²) in [6, 6.07) is 8.94. The lowest BCUT2D eigenvalue weighted by Crippen LogP contribution is -2.24. The van der Waals surface area contributed by atoms with Gasteiger partial charge in [0, 0.05) is 0 Å². The predicted octanol–water partition coefficient (Wildman–Crippen LogP) is 3.91. The van der Waals surface area contributed by atoms with E-state index in [1.807, 2.05) is 0 Å². The topological polar surface area (TPSA) is 12.0 Å². The van der Waals surface area contributed by atoms with Crippen LogP contribution in [0.2, 0.25) is 0 Å². The Labute approximate surface area is 117 Å². The van der Waals surface area contributed by atoms with Crippen LogP contribution in [0.1, 0.15) is 31.4 Å². The first kappa shape index (κ1) is 15.6. The smallest absolute Gasteiger partial charge is 0.00172 e. The normalized spacial score (nSPS) is 12.6. The van der Waals surface area contributed by atoms with Gasteiger partial charge >= 0.3 is 0 Å². The van der Waals surface area contributed by atoms with Gasteiger partial charge in [-0.3, -0.25) is 0 Å². The van der Waals surface area contributed by atoms with Crippen molar-refractivity contribution in [2.24, 2.45) is 5.92 Å². The summed E-state index contributed by atoms with van der Waals surface area (Å²) >= 11 is 2.06. The van der Waals surface area contributed by atoms with Crippen LogP contribution in [0, 0.1) is 12.8 Å². The number of hydrogen-bond donors (Lipinski definition) is 1.